The van der Waals surface area contributed by atoms with Gasteiger partial charge in [-0.3, -0.25) is 4.79 Å². The highest BCUT2D eigenvalue weighted by atomic mass is 35.5. The molecule has 3 aromatic rings. The van der Waals surface area contributed by atoms with Gasteiger partial charge in [0.05, 0.1) is 28.4 Å². The number of halogens is 8. The fourth-order valence-corrected chi connectivity index (χ4v) is 3.85. The molecule has 1 aliphatic carbocycles. The molecule has 2 aromatic carbocycles. The van der Waals surface area contributed by atoms with Gasteiger partial charge in [-0.1, -0.05) is 17.7 Å². The summed E-state index contributed by atoms with van der Waals surface area (Å²) < 4.78 is 110. The first kappa shape index (κ1) is 22.3. The van der Waals surface area contributed by atoms with Crippen molar-refractivity contribution in [3.8, 4) is 11.1 Å². The summed E-state index contributed by atoms with van der Waals surface area (Å²) in [7, 11) is 0. The largest absolute Gasteiger partial charge is 0.416 e. The van der Waals surface area contributed by atoms with Crippen LogP contribution in [0, 0.1) is 12.7 Å². The van der Waals surface area contributed by atoms with Crippen molar-refractivity contribution in [3.05, 3.63) is 81.9 Å². The maximum Gasteiger partial charge on any atom is 0.416 e. The maximum absolute atomic E-state index is 13.6. The fourth-order valence-electron chi connectivity index (χ4n) is 3.70. The number of rotatable bonds is 4. The van der Waals surface area contributed by atoms with Gasteiger partial charge in [0.1, 0.15) is 11.0 Å². The number of benzene rings is 2. The number of aromatic nitrogens is 1. The van der Waals surface area contributed by atoms with Gasteiger partial charge in [0.25, 0.3) is 0 Å². The number of hydrogen-bond acceptors (Lipinski definition) is 2. The number of aryl methyl sites for hydroxylation is 1. The summed E-state index contributed by atoms with van der Waals surface area (Å²) in [5.74, 6) is -1.71. The highest BCUT2D eigenvalue weighted by Gasteiger charge is 2.53. The molecule has 3 nitrogen and oxygen atoms in total. The van der Waals surface area contributed by atoms with Crippen LogP contribution >= 0.6 is 11.6 Å². The molecule has 1 heterocycles. The van der Waals surface area contributed by atoms with Crippen LogP contribution in [0.2, 0.25) is 5.15 Å². The van der Waals surface area contributed by atoms with E-state index in [-0.39, 0.29) is 22.5 Å². The van der Waals surface area contributed by atoms with Crippen LogP contribution in [0.25, 0.3) is 11.1 Å². The highest BCUT2D eigenvalue weighted by molar-refractivity contribution is 6.29. The number of carbonyl (C=O) groups is 1. The smallest absolute Gasteiger partial charge is 0.323 e. The van der Waals surface area contributed by atoms with E-state index in [0.29, 0.717) is 23.3 Å². The Balaban J connectivity index is 1.82. The van der Waals surface area contributed by atoms with E-state index in [4.69, 9.17) is 14.3 Å². The molecule has 184 valence electrons. The number of alkyl halides is 6. The minimum atomic E-state index is -5.18. The molecule has 1 aliphatic rings. The summed E-state index contributed by atoms with van der Waals surface area (Å²) in [5, 5.41) is 2.38. The van der Waals surface area contributed by atoms with Gasteiger partial charge in [-0.2, -0.15) is 26.3 Å². The molecule has 0 saturated heterocycles. The van der Waals surface area contributed by atoms with Crippen molar-refractivity contribution in [2.75, 3.05) is 5.32 Å². The molecule has 1 amide bonds. The zero-order valence-electron chi connectivity index (χ0n) is 19.7. The molecule has 0 aliphatic heterocycles. The average Bonchev–Trinajstić information content (AvgIpc) is 3.37. The lowest BCUT2D eigenvalue weighted by atomic mass is 9.90. The first-order valence-electron chi connectivity index (χ1n) is 11.0. The third kappa shape index (κ3) is 4.98. The number of pyridine rings is 1. The molecule has 1 saturated carbocycles. The lowest BCUT2D eigenvalue weighted by molar-refractivity contribution is -0.143. The van der Waals surface area contributed by atoms with Gasteiger partial charge in [-0.15, -0.1) is 0 Å². The van der Waals surface area contributed by atoms with Crippen LogP contribution in [0.15, 0.2) is 48.7 Å². The second-order valence-corrected chi connectivity index (χ2v) is 8.41. The monoisotopic (exact) mass is 518 g/mol. The quantitative estimate of drug-likeness (QED) is 0.286. The summed E-state index contributed by atoms with van der Waals surface area (Å²) in [6, 6.07) is 5.68. The predicted molar refractivity (Wildman–Crippen MR) is 115 cm³/mol. The molecule has 1 unspecified atom stereocenters. The van der Waals surface area contributed by atoms with Gasteiger partial charge in [-0.05, 0) is 72.8 Å². The van der Waals surface area contributed by atoms with Crippen LogP contribution in [0.1, 0.15) is 37.8 Å². The number of nitrogens with one attached hydrogen (secondary N) is 1. The van der Waals surface area contributed by atoms with Gasteiger partial charge in [0, 0.05) is 8.30 Å². The maximum atomic E-state index is 13.6. The van der Waals surface area contributed by atoms with E-state index in [1.165, 1.54) is 18.2 Å². The Morgan fingerprint density at radius 3 is 2.14 bits per heavy atom. The summed E-state index contributed by atoms with van der Waals surface area (Å²) in [6.45, 7) is 1.57. The summed E-state index contributed by atoms with van der Waals surface area (Å²) in [4.78, 5) is 17.3. The van der Waals surface area contributed by atoms with Crippen LogP contribution in [-0.4, -0.2) is 10.9 Å². The molecule has 1 N–H and O–H groups in total. The number of hydrogen-bond donors (Lipinski definition) is 1. The molecule has 35 heavy (non-hydrogen) atoms. The minimum Gasteiger partial charge on any atom is -0.323 e. The van der Waals surface area contributed by atoms with Crippen LogP contribution < -0.4 is 5.32 Å². The van der Waals surface area contributed by atoms with Crippen molar-refractivity contribution in [1.29, 1.82) is 0 Å². The molecule has 4 rings (SSSR count). The van der Waals surface area contributed by atoms with E-state index in [2.05, 4.69) is 10.3 Å². The van der Waals surface area contributed by atoms with Crippen LogP contribution in [0.3, 0.4) is 0 Å². The zero-order chi connectivity index (χ0) is 27.6. The van der Waals surface area contributed by atoms with Gasteiger partial charge in [-0.25, -0.2) is 9.37 Å². The molecule has 11 heteroatoms. The van der Waals surface area contributed by atoms with Crippen molar-refractivity contribution in [1.82, 2.24) is 4.98 Å². The molecular formula is C24H16ClF7N2O. The zero-order valence-corrected chi connectivity index (χ0v) is 18.5. The number of nitrogens with zero attached hydrogens (tertiary/aromatic N) is 1. The molecule has 1 atom stereocenters. The Morgan fingerprint density at radius 2 is 1.63 bits per heavy atom. The van der Waals surface area contributed by atoms with Crippen molar-refractivity contribution in [2.45, 2.75) is 37.5 Å². The first-order chi connectivity index (χ1) is 17.0. The summed E-state index contributed by atoms with van der Waals surface area (Å²) >= 11 is 5.98. The Bertz CT molecular complexity index is 1380. The fraction of sp³-hybridized carbons (Fsp3) is 0.250. The van der Waals surface area contributed by atoms with Crippen molar-refractivity contribution < 1.29 is 38.3 Å². The van der Waals surface area contributed by atoms with E-state index in [1.54, 1.807) is 6.92 Å². The normalized spacial score (nSPS) is 20.1. The van der Waals surface area contributed by atoms with E-state index in [1.807, 2.05) is 0 Å². The van der Waals surface area contributed by atoms with Crippen molar-refractivity contribution >= 4 is 23.2 Å². The van der Waals surface area contributed by atoms with E-state index in [9.17, 15) is 35.5 Å². The van der Waals surface area contributed by atoms with Crippen LogP contribution in [0.4, 0.5) is 36.4 Å². The van der Waals surface area contributed by atoms with Gasteiger partial charge < -0.3 is 5.32 Å². The Morgan fingerprint density at radius 1 is 1.03 bits per heavy atom. The SMILES string of the molecule is [2H]C1([2H])CC1(C(=O)Nc1cnc(Cl)cc1-c1ccc(F)cc1C)c1cc(C(F)(F)F)cc(C(F)(F)F)c1. The molecule has 0 radical (unpaired) electrons. The highest BCUT2D eigenvalue weighted by Crippen LogP contribution is 2.51. The third-order valence-corrected chi connectivity index (χ3v) is 5.80. The number of anilines is 1. The second kappa shape index (κ2) is 8.51. The van der Waals surface area contributed by atoms with Crippen molar-refractivity contribution in [3.63, 3.8) is 0 Å². The average molecular weight is 519 g/mol. The Kier molecular flexibility index (Phi) is 5.43. The number of carbonyl (C=O) groups excluding carboxylic acids is 1. The summed E-state index contributed by atoms with van der Waals surface area (Å²) in [6.07, 6.45) is -12.4. The van der Waals surface area contributed by atoms with E-state index < -0.39 is 59.0 Å². The van der Waals surface area contributed by atoms with Crippen LogP contribution in [0.5, 0.6) is 0 Å². The summed E-state index contributed by atoms with van der Waals surface area (Å²) in [5.41, 5.74) is -5.40. The Labute approximate surface area is 202 Å². The molecule has 0 bridgehead atoms. The second-order valence-electron chi connectivity index (χ2n) is 8.02. The standard InChI is InChI=1S/C24H16ClF7N2O/c1-12-6-16(26)2-3-17(12)18-10-20(25)33-11-19(18)34-21(35)22(4-5-22)13-7-14(23(27,28)29)9-15(8-13)24(30,31)32/h2-3,6-11H,4-5H2,1H3,(H,34,35)/i4D2. The molecule has 0 spiro atoms. The third-order valence-electron chi connectivity index (χ3n) is 5.60. The first-order valence-corrected chi connectivity index (χ1v) is 10.4. The Hall–Kier alpha value is -3.14. The van der Waals surface area contributed by atoms with Gasteiger partial charge in [0.15, 0.2) is 0 Å². The molecule has 1 fully saturated rings. The topological polar surface area (TPSA) is 42.0 Å². The van der Waals surface area contributed by atoms with E-state index in [0.717, 1.165) is 12.3 Å². The lowest BCUT2D eigenvalue weighted by Gasteiger charge is -2.21. The lowest BCUT2D eigenvalue weighted by Crippen LogP contribution is -2.29. The van der Waals surface area contributed by atoms with Gasteiger partial charge in [0.2, 0.25) is 5.91 Å². The van der Waals surface area contributed by atoms with E-state index >= 15 is 0 Å². The predicted octanol–water partition coefficient (Wildman–Crippen LogP) is 7.56. The minimum absolute atomic E-state index is 0.0131. The molecular weight excluding hydrogens is 501 g/mol. The van der Waals surface area contributed by atoms with Gasteiger partial charge >= 0.3 is 12.4 Å². The van der Waals surface area contributed by atoms with Crippen LogP contribution in [-0.2, 0) is 22.6 Å². The van der Waals surface area contributed by atoms with Crippen molar-refractivity contribution in [2.24, 2.45) is 0 Å². The number of amides is 1. The molecule has 1 aromatic heterocycles.